The van der Waals surface area contributed by atoms with Crippen LogP contribution in [0.15, 0.2) is 0 Å². The minimum absolute atomic E-state index is 0.0551. The van der Waals surface area contributed by atoms with Crippen molar-refractivity contribution >= 4 is 5.91 Å². The van der Waals surface area contributed by atoms with Crippen molar-refractivity contribution in [2.24, 2.45) is 11.8 Å². The van der Waals surface area contributed by atoms with Crippen molar-refractivity contribution in [2.45, 2.75) is 33.3 Å². The largest absolute Gasteiger partial charge is 0.387 e. The van der Waals surface area contributed by atoms with Gasteiger partial charge in [-0.1, -0.05) is 27.7 Å². The van der Waals surface area contributed by atoms with E-state index in [1.807, 2.05) is 18.7 Å². The Kier molecular flexibility index (Phi) is 4.33. The SMILES string of the molecule is CC(C)CNC(=O)CN1CC(O)(C(C)C)C1. The standard InChI is InChI=1S/C12H24N2O2/c1-9(2)5-13-11(15)6-14-7-12(16,8-14)10(3)4/h9-10,16H,5-8H2,1-4H3,(H,13,15). The van der Waals surface area contributed by atoms with Crippen LogP contribution < -0.4 is 5.32 Å². The zero-order chi connectivity index (χ0) is 12.3. The van der Waals surface area contributed by atoms with Crippen molar-refractivity contribution in [1.82, 2.24) is 10.2 Å². The van der Waals surface area contributed by atoms with Gasteiger partial charge in [-0.3, -0.25) is 9.69 Å². The van der Waals surface area contributed by atoms with Gasteiger partial charge in [-0.05, 0) is 11.8 Å². The molecule has 0 atom stereocenters. The number of nitrogens with one attached hydrogen (secondary N) is 1. The molecule has 1 aliphatic rings. The fourth-order valence-corrected chi connectivity index (χ4v) is 1.78. The Morgan fingerprint density at radius 3 is 2.38 bits per heavy atom. The van der Waals surface area contributed by atoms with Gasteiger partial charge in [0.05, 0.1) is 12.1 Å². The Morgan fingerprint density at radius 1 is 1.38 bits per heavy atom. The highest BCUT2D eigenvalue weighted by atomic mass is 16.3. The number of β-amino-alcohol motifs (C(OH)–C–C–N with tert-alkyl or cyclic N) is 1. The van der Waals surface area contributed by atoms with Crippen molar-refractivity contribution in [1.29, 1.82) is 0 Å². The lowest BCUT2D eigenvalue weighted by molar-refractivity contribution is -0.142. The van der Waals surface area contributed by atoms with Gasteiger partial charge in [-0.15, -0.1) is 0 Å². The van der Waals surface area contributed by atoms with Gasteiger partial charge in [0.15, 0.2) is 0 Å². The maximum Gasteiger partial charge on any atom is 0.234 e. The number of hydrogen-bond donors (Lipinski definition) is 2. The molecule has 1 rings (SSSR count). The summed E-state index contributed by atoms with van der Waals surface area (Å²) < 4.78 is 0. The van der Waals surface area contributed by atoms with Crippen molar-refractivity contribution in [3.05, 3.63) is 0 Å². The van der Waals surface area contributed by atoms with Crippen LogP contribution >= 0.6 is 0 Å². The van der Waals surface area contributed by atoms with Gasteiger partial charge in [0.1, 0.15) is 0 Å². The molecule has 0 aromatic carbocycles. The molecule has 16 heavy (non-hydrogen) atoms. The van der Waals surface area contributed by atoms with Crippen LogP contribution in [0.1, 0.15) is 27.7 Å². The molecule has 0 radical (unpaired) electrons. The summed E-state index contributed by atoms with van der Waals surface area (Å²) in [6.07, 6.45) is 0. The van der Waals surface area contributed by atoms with Crippen molar-refractivity contribution in [3.8, 4) is 0 Å². The molecule has 2 N–H and O–H groups in total. The molecule has 1 fully saturated rings. The molecule has 0 aromatic heterocycles. The van der Waals surface area contributed by atoms with Crippen LogP contribution in [0.3, 0.4) is 0 Å². The van der Waals surface area contributed by atoms with Gasteiger partial charge in [-0.25, -0.2) is 0 Å². The molecular formula is C12H24N2O2. The summed E-state index contributed by atoms with van der Waals surface area (Å²) in [5, 5.41) is 12.9. The van der Waals surface area contributed by atoms with E-state index in [0.717, 1.165) is 6.54 Å². The zero-order valence-corrected chi connectivity index (χ0v) is 10.8. The van der Waals surface area contributed by atoms with Crippen LogP contribution in [0.25, 0.3) is 0 Å². The Bertz CT molecular complexity index is 245. The Labute approximate surface area is 98.0 Å². The molecule has 0 bridgehead atoms. The molecule has 1 amide bonds. The number of amides is 1. The monoisotopic (exact) mass is 228 g/mol. The van der Waals surface area contributed by atoms with Crippen LogP contribution in [0, 0.1) is 11.8 Å². The lowest BCUT2D eigenvalue weighted by Crippen LogP contribution is -2.65. The third kappa shape index (κ3) is 3.46. The van der Waals surface area contributed by atoms with Crippen LogP contribution in [0.5, 0.6) is 0 Å². The second-order valence-corrected chi connectivity index (χ2v) is 5.60. The van der Waals surface area contributed by atoms with E-state index in [1.165, 1.54) is 0 Å². The Balaban J connectivity index is 2.19. The number of hydrogen-bond acceptors (Lipinski definition) is 3. The van der Waals surface area contributed by atoms with Gasteiger partial charge in [-0.2, -0.15) is 0 Å². The summed E-state index contributed by atoms with van der Waals surface area (Å²) in [5.41, 5.74) is -0.585. The topological polar surface area (TPSA) is 52.6 Å². The van der Waals surface area contributed by atoms with E-state index in [9.17, 15) is 9.90 Å². The van der Waals surface area contributed by atoms with Gasteiger partial charge < -0.3 is 10.4 Å². The van der Waals surface area contributed by atoms with Crippen LogP contribution in [0.4, 0.5) is 0 Å². The average molecular weight is 228 g/mol. The number of nitrogens with zero attached hydrogens (tertiary/aromatic N) is 1. The Morgan fingerprint density at radius 2 is 1.94 bits per heavy atom. The van der Waals surface area contributed by atoms with Crippen molar-refractivity contribution in [2.75, 3.05) is 26.2 Å². The van der Waals surface area contributed by atoms with E-state index < -0.39 is 5.60 Å². The molecule has 0 aromatic rings. The first-order valence-corrected chi connectivity index (χ1v) is 6.05. The third-order valence-electron chi connectivity index (χ3n) is 3.14. The fourth-order valence-electron chi connectivity index (χ4n) is 1.78. The fraction of sp³-hybridized carbons (Fsp3) is 0.917. The van der Waals surface area contributed by atoms with Crippen LogP contribution in [-0.2, 0) is 4.79 Å². The zero-order valence-electron chi connectivity index (χ0n) is 10.8. The quantitative estimate of drug-likeness (QED) is 0.719. The lowest BCUT2D eigenvalue weighted by atomic mass is 9.83. The van der Waals surface area contributed by atoms with Gasteiger partial charge >= 0.3 is 0 Å². The van der Waals surface area contributed by atoms with E-state index >= 15 is 0 Å². The lowest BCUT2D eigenvalue weighted by Gasteiger charge is -2.48. The molecule has 0 unspecified atom stereocenters. The van der Waals surface area contributed by atoms with E-state index in [2.05, 4.69) is 19.2 Å². The summed E-state index contributed by atoms with van der Waals surface area (Å²) in [5.74, 6) is 0.787. The van der Waals surface area contributed by atoms with E-state index in [4.69, 9.17) is 0 Å². The van der Waals surface area contributed by atoms with Gasteiger partial charge in [0.2, 0.25) is 5.91 Å². The van der Waals surface area contributed by atoms with E-state index in [0.29, 0.717) is 25.6 Å². The smallest absolute Gasteiger partial charge is 0.234 e. The second-order valence-electron chi connectivity index (χ2n) is 5.60. The normalized spacial score (nSPS) is 19.9. The van der Waals surface area contributed by atoms with E-state index in [-0.39, 0.29) is 11.8 Å². The number of likely N-dealkylation sites (tertiary alicyclic amines) is 1. The minimum atomic E-state index is -0.585. The maximum atomic E-state index is 11.5. The second kappa shape index (κ2) is 5.15. The summed E-state index contributed by atoms with van der Waals surface area (Å²) >= 11 is 0. The molecular weight excluding hydrogens is 204 g/mol. The van der Waals surface area contributed by atoms with Crippen molar-refractivity contribution in [3.63, 3.8) is 0 Å². The average Bonchev–Trinajstić information content (AvgIpc) is 2.11. The first-order valence-electron chi connectivity index (χ1n) is 6.05. The number of carbonyl (C=O) groups excluding carboxylic acids is 1. The van der Waals surface area contributed by atoms with Crippen LogP contribution in [-0.4, -0.2) is 47.7 Å². The highest BCUT2D eigenvalue weighted by Crippen LogP contribution is 2.27. The predicted molar refractivity (Wildman–Crippen MR) is 64.1 cm³/mol. The molecule has 1 aliphatic heterocycles. The summed E-state index contributed by atoms with van der Waals surface area (Å²) in [4.78, 5) is 13.5. The molecule has 94 valence electrons. The highest BCUT2D eigenvalue weighted by Gasteiger charge is 2.43. The van der Waals surface area contributed by atoms with Crippen LogP contribution in [0.2, 0.25) is 0 Å². The summed E-state index contributed by atoms with van der Waals surface area (Å²) in [7, 11) is 0. The molecule has 1 saturated heterocycles. The Hall–Kier alpha value is -0.610. The number of aliphatic hydroxyl groups is 1. The molecule has 0 spiro atoms. The number of carbonyl (C=O) groups is 1. The minimum Gasteiger partial charge on any atom is -0.387 e. The summed E-state index contributed by atoms with van der Waals surface area (Å²) in [6, 6.07) is 0. The van der Waals surface area contributed by atoms with Gasteiger partial charge in [0.25, 0.3) is 0 Å². The highest BCUT2D eigenvalue weighted by molar-refractivity contribution is 5.78. The number of rotatable bonds is 5. The molecule has 0 aliphatic carbocycles. The van der Waals surface area contributed by atoms with Gasteiger partial charge in [0, 0.05) is 19.6 Å². The molecule has 4 nitrogen and oxygen atoms in total. The maximum absolute atomic E-state index is 11.5. The van der Waals surface area contributed by atoms with E-state index in [1.54, 1.807) is 0 Å². The first-order chi connectivity index (χ1) is 7.33. The summed E-state index contributed by atoms with van der Waals surface area (Å²) in [6.45, 7) is 10.5. The molecule has 0 saturated carbocycles. The predicted octanol–water partition coefficient (Wildman–Crippen LogP) is 0.461. The molecule has 4 heteroatoms. The first kappa shape index (κ1) is 13.5. The molecule has 1 heterocycles. The van der Waals surface area contributed by atoms with Crippen molar-refractivity contribution < 1.29 is 9.90 Å². The third-order valence-corrected chi connectivity index (χ3v) is 3.14.